The van der Waals surface area contributed by atoms with Crippen LogP contribution in [0.1, 0.15) is 26.5 Å². The van der Waals surface area contributed by atoms with Gasteiger partial charge in [-0.25, -0.2) is 0 Å². The van der Waals surface area contributed by atoms with E-state index in [0.717, 1.165) is 17.8 Å². The van der Waals surface area contributed by atoms with Crippen molar-refractivity contribution in [3.63, 3.8) is 0 Å². The van der Waals surface area contributed by atoms with E-state index in [2.05, 4.69) is 24.3 Å². The molecule has 0 aliphatic rings. The average Bonchev–Trinajstić information content (AvgIpc) is 2.45. The summed E-state index contributed by atoms with van der Waals surface area (Å²) in [6.07, 6.45) is 2.94. The van der Waals surface area contributed by atoms with Gasteiger partial charge in [0.25, 0.3) is 0 Å². The van der Waals surface area contributed by atoms with Gasteiger partial charge >= 0.3 is 0 Å². The van der Waals surface area contributed by atoms with Gasteiger partial charge in [-0.15, -0.1) is 0 Å². The van der Waals surface area contributed by atoms with E-state index >= 15 is 0 Å². The maximum atomic E-state index is 5.79. The highest BCUT2D eigenvalue weighted by molar-refractivity contribution is 5.47. The molecule has 0 saturated carbocycles. The first-order valence-electron chi connectivity index (χ1n) is 5.09. The number of aromatic nitrogens is 2. The van der Waals surface area contributed by atoms with Gasteiger partial charge in [0.15, 0.2) is 0 Å². The van der Waals surface area contributed by atoms with Gasteiger partial charge in [0.2, 0.25) is 0 Å². The van der Waals surface area contributed by atoms with Crippen molar-refractivity contribution in [1.29, 1.82) is 0 Å². The molecule has 1 aromatic rings. The maximum absolute atomic E-state index is 5.79. The fourth-order valence-electron chi connectivity index (χ4n) is 1.29. The lowest BCUT2D eigenvalue weighted by Crippen LogP contribution is -2.35. The summed E-state index contributed by atoms with van der Waals surface area (Å²) in [4.78, 5) is 0. The van der Waals surface area contributed by atoms with Crippen LogP contribution in [-0.2, 0) is 13.5 Å². The predicted octanol–water partition coefficient (Wildman–Crippen LogP) is 1.13. The lowest BCUT2D eigenvalue weighted by atomic mass is 10.1. The molecule has 2 unspecified atom stereocenters. The van der Waals surface area contributed by atoms with Crippen molar-refractivity contribution in [2.24, 2.45) is 12.8 Å². The molecule has 80 valence electrons. The third kappa shape index (κ3) is 2.48. The van der Waals surface area contributed by atoms with Crippen LogP contribution >= 0.6 is 0 Å². The summed E-state index contributed by atoms with van der Waals surface area (Å²) < 4.78 is 1.83. The quantitative estimate of drug-likeness (QED) is 0.759. The number of aryl methyl sites for hydroxylation is 2. The van der Waals surface area contributed by atoms with Crippen molar-refractivity contribution in [2.45, 2.75) is 39.3 Å². The number of rotatable bonds is 4. The standard InChI is InChI=1S/C10H20N4/c1-5-9-10(6-14(4)13-9)12-8(3)7(2)11/h6-8,12H,5,11H2,1-4H3. The van der Waals surface area contributed by atoms with Crippen molar-refractivity contribution in [1.82, 2.24) is 9.78 Å². The molecule has 0 radical (unpaired) electrons. The zero-order chi connectivity index (χ0) is 10.7. The van der Waals surface area contributed by atoms with Gasteiger partial charge in [-0.1, -0.05) is 6.92 Å². The summed E-state index contributed by atoms with van der Waals surface area (Å²) in [6.45, 7) is 6.18. The van der Waals surface area contributed by atoms with Crippen LogP contribution < -0.4 is 11.1 Å². The second kappa shape index (κ2) is 4.46. The van der Waals surface area contributed by atoms with E-state index in [1.165, 1.54) is 0 Å². The SMILES string of the molecule is CCc1nn(C)cc1NC(C)C(C)N. The Morgan fingerprint density at radius 3 is 2.71 bits per heavy atom. The molecular formula is C10H20N4. The van der Waals surface area contributed by atoms with Gasteiger partial charge < -0.3 is 11.1 Å². The largest absolute Gasteiger partial charge is 0.378 e. The van der Waals surface area contributed by atoms with Crippen molar-refractivity contribution >= 4 is 5.69 Å². The summed E-state index contributed by atoms with van der Waals surface area (Å²) in [5, 5.41) is 7.73. The molecule has 3 N–H and O–H groups in total. The molecule has 4 nitrogen and oxygen atoms in total. The first-order chi connectivity index (χ1) is 6.54. The molecule has 1 rings (SSSR count). The number of hydrogen-bond donors (Lipinski definition) is 2. The second-order valence-corrected chi connectivity index (χ2v) is 3.81. The molecule has 0 spiro atoms. The van der Waals surface area contributed by atoms with E-state index in [0.29, 0.717) is 0 Å². The molecule has 1 heterocycles. The Labute approximate surface area is 85.5 Å². The highest BCUT2D eigenvalue weighted by atomic mass is 15.3. The average molecular weight is 196 g/mol. The monoisotopic (exact) mass is 196 g/mol. The molecule has 0 amide bonds. The third-order valence-corrected chi connectivity index (χ3v) is 2.41. The van der Waals surface area contributed by atoms with Gasteiger partial charge in [0.05, 0.1) is 11.4 Å². The smallest absolute Gasteiger partial charge is 0.0853 e. The van der Waals surface area contributed by atoms with Crippen LogP contribution in [0.25, 0.3) is 0 Å². The Morgan fingerprint density at radius 2 is 2.21 bits per heavy atom. The third-order valence-electron chi connectivity index (χ3n) is 2.41. The first-order valence-corrected chi connectivity index (χ1v) is 5.09. The maximum Gasteiger partial charge on any atom is 0.0853 e. The summed E-state index contributed by atoms with van der Waals surface area (Å²) in [6, 6.07) is 0.407. The van der Waals surface area contributed by atoms with Crippen LogP contribution in [0.5, 0.6) is 0 Å². The molecule has 0 aromatic carbocycles. The van der Waals surface area contributed by atoms with Crippen LogP contribution in [0, 0.1) is 0 Å². The summed E-state index contributed by atoms with van der Waals surface area (Å²) in [5.74, 6) is 0. The molecule has 14 heavy (non-hydrogen) atoms. The van der Waals surface area contributed by atoms with E-state index in [1.807, 2.05) is 24.9 Å². The highest BCUT2D eigenvalue weighted by Gasteiger charge is 2.11. The number of nitrogens with one attached hydrogen (secondary N) is 1. The van der Waals surface area contributed by atoms with Gasteiger partial charge in [0.1, 0.15) is 0 Å². The van der Waals surface area contributed by atoms with Gasteiger partial charge in [-0.05, 0) is 20.3 Å². The van der Waals surface area contributed by atoms with Crippen LogP contribution in [-0.4, -0.2) is 21.9 Å². The number of anilines is 1. The fraction of sp³-hybridized carbons (Fsp3) is 0.700. The topological polar surface area (TPSA) is 55.9 Å². The van der Waals surface area contributed by atoms with Crippen molar-refractivity contribution in [3.05, 3.63) is 11.9 Å². The summed E-state index contributed by atoms with van der Waals surface area (Å²) in [5.41, 5.74) is 7.99. The molecule has 4 heteroatoms. The van der Waals surface area contributed by atoms with Crippen LogP contribution in [0.15, 0.2) is 6.20 Å². The minimum Gasteiger partial charge on any atom is -0.378 e. The Kier molecular flexibility index (Phi) is 3.52. The minimum atomic E-state index is 0.139. The van der Waals surface area contributed by atoms with Crippen LogP contribution in [0.3, 0.4) is 0 Å². The van der Waals surface area contributed by atoms with E-state index in [1.54, 1.807) is 0 Å². The lowest BCUT2D eigenvalue weighted by molar-refractivity contribution is 0.638. The van der Waals surface area contributed by atoms with E-state index in [9.17, 15) is 0 Å². The molecule has 0 saturated heterocycles. The number of nitrogens with zero attached hydrogens (tertiary/aromatic N) is 2. The Hall–Kier alpha value is -1.03. The summed E-state index contributed by atoms with van der Waals surface area (Å²) in [7, 11) is 1.93. The number of hydrogen-bond acceptors (Lipinski definition) is 3. The fourth-order valence-corrected chi connectivity index (χ4v) is 1.29. The van der Waals surface area contributed by atoms with Crippen molar-refractivity contribution in [3.8, 4) is 0 Å². The molecule has 1 aromatic heterocycles. The zero-order valence-electron chi connectivity index (χ0n) is 9.41. The zero-order valence-corrected chi connectivity index (χ0v) is 9.41. The normalized spacial score (nSPS) is 15.2. The van der Waals surface area contributed by atoms with E-state index in [-0.39, 0.29) is 12.1 Å². The lowest BCUT2D eigenvalue weighted by Gasteiger charge is -2.18. The molecule has 0 fully saturated rings. The molecule has 0 aliphatic carbocycles. The van der Waals surface area contributed by atoms with Gasteiger partial charge in [-0.2, -0.15) is 5.10 Å². The van der Waals surface area contributed by atoms with Gasteiger partial charge in [0, 0.05) is 25.3 Å². The number of nitrogens with two attached hydrogens (primary N) is 1. The Morgan fingerprint density at radius 1 is 1.57 bits per heavy atom. The van der Waals surface area contributed by atoms with Crippen LogP contribution in [0.4, 0.5) is 5.69 Å². The Balaban J connectivity index is 2.74. The van der Waals surface area contributed by atoms with E-state index < -0.39 is 0 Å². The first kappa shape index (κ1) is 11.0. The van der Waals surface area contributed by atoms with Crippen LogP contribution in [0.2, 0.25) is 0 Å². The Bertz CT molecular complexity index is 290. The summed E-state index contributed by atoms with van der Waals surface area (Å²) >= 11 is 0. The minimum absolute atomic E-state index is 0.139. The second-order valence-electron chi connectivity index (χ2n) is 3.81. The molecule has 0 aliphatic heterocycles. The predicted molar refractivity (Wildman–Crippen MR) is 59.3 cm³/mol. The molecular weight excluding hydrogens is 176 g/mol. The van der Waals surface area contributed by atoms with Crippen molar-refractivity contribution < 1.29 is 0 Å². The highest BCUT2D eigenvalue weighted by Crippen LogP contribution is 2.15. The van der Waals surface area contributed by atoms with Crippen molar-refractivity contribution in [2.75, 3.05) is 5.32 Å². The molecule has 0 bridgehead atoms. The van der Waals surface area contributed by atoms with Gasteiger partial charge in [-0.3, -0.25) is 4.68 Å². The molecule has 2 atom stereocenters. The van der Waals surface area contributed by atoms with E-state index in [4.69, 9.17) is 5.73 Å².